The molecule has 5 nitrogen and oxygen atoms in total. The van der Waals surface area contributed by atoms with Crippen LogP contribution in [-0.2, 0) is 19.0 Å². The monoisotopic (exact) mass is 201 g/mol. The number of carbonyl (C=O) groups excluding carboxylic acids is 1. The van der Waals surface area contributed by atoms with E-state index in [0.717, 1.165) is 0 Å². The third-order valence-electron chi connectivity index (χ3n) is 1.78. The first kappa shape index (κ1) is 11.2. The number of rotatable bonds is 3. The van der Waals surface area contributed by atoms with Gasteiger partial charge in [0.25, 0.3) is 6.48 Å². The van der Waals surface area contributed by atoms with Gasteiger partial charge < -0.3 is 19.5 Å². The lowest BCUT2D eigenvalue weighted by molar-refractivity contribution is -0.305. The first-order valence-electron chi connectivity index (χ1n) is 4.36. The van der Waals surface area contributed by atoms with Gasteiger partial charge in [0.05, 0.1) is 19.3 Å². The highest BCUT2D eigenvalue weighted by Gasteiger charge is 2.22. The molecular formula is C9H15NO4. The van der Waals surface area contributed by atoms with E-state index in [1.54, 1.807) is 6.92 Å². The van der Waals surface area contributed by atoms with Gasteiger partial charge in [-0.15, -0.1) is 0 Å². The molecule has 0 bridgehead atoms. The standard InChI is InChI=1S/C9H15NO4/c1-6(2)8(11)10-7-4-13-9(12-3)14-5-7/h7,9H,1,4-5H2,2-3H3,(H,10,11). The Kier molecular flexibility index (Phi) is 4.06. The molecule has 1 fully saturated rings. The van der Waals surface area contributed by atoms with Crippen molar-refractivity contribution in [1.29, 1.82) is 0 Å². The van der Waals surface area contributed by atoms with Crippen LogP contribution in [0.1, 0.15) is 6.92 Å². The van der Waals surface area contributed by atoms with Gasteiger partial charge in [-0.1, -0.05) is 6.58 Å². The van der Waals surface area contributed by atoms with E-state index < -0.39 is 6.48 Å². The maximum atomic E-state index is 11.2. The zero-order valence-electron chi connectivity index (χ0n) is 8.41. The second kappa shape index (κ2) is 5.09. The molecule has 0 atom stereocenters. The summed E-state index contributed by atoms with van der Waals surface area (Å²) < 4.78 is 15.1. The maximum absolute atomic E-state index is 11.2. The number of hydrogen-bond donors (Lipinski definition) is 1. The normalized spacial score (nSPS) is 27.0. The van der Waals surface area contributed by atoms with Gasteiger partial charge in [0, 0.05) is 12.7 Å². The molecule has 1 aliphatic heterocycles. The lowest BCUT2D eigenvalue weighted by atomic mass is 10.2. The minimum absolute atomic E-state index is 0.134. The fourth-order valence-corrected chi connectivity index (χ4v) is 1.01. The second-order valence-corrected chi connectivity index (χ2v) is 3.14. The molecule has 1 amide bonds. The first-order chi connectivity index (χ1) is 6.63. The molecule has 5 heteroatoms. The average Bonchev–Trinajstić information content (AvgIpc) is 2.19. The second-order valence-electron chi connectivity index (χ2n) is 3.14. The summed E-state index contributed by atoms with van der Waals surface area (Å²) in [6.45, 7) is 5.34. The summed E-state index contributed by atoms with van der Waals surface area (Å²) in [6.07, 6.45) is 0. The van der Waals surface area contributed by atoms with Crippen molar-refractivity contribution < 1.29 is 19.0 Å². The van der Waals surface area contributed by atoms with Crippen molar-refractivity contribution in [2.75, 3.05) is 20.3 Å². The first-order valence-corrected chi connectivity index (χ1v) is 4.36. The van der Waals surface area contributed by atoms with E-state index >= 15 is 0 Å². The minimum Gasteiger partial charge on any atom is -0.345 e. The van der Waals surface area contributed by atoms with E-state index in [1.807, 2.05) is 0 Å². The van der Waals surface area contributed by atoms with E-state index in [0.29, 0.717) is 18.8 Å². The molecule has 1 saturated heterocycles. The highest BCUT2D eigenvalue weighted by molar-refractivity contribution is 5.92. The van der Waals surface area contributed by atoms with Crippen LogP contribution in [0, 0.1) is 0 Å². The summed E-state index contributed by atoms with van der Waals surface area (Å²) in [6, 6.07) is -0.134. The Hall–Kier alpha value is -0.910. The van der Waals surface area contributed by atoms with E-state index in [1.165, 1.54) is 7.11 Å². The van der Waals surface area contributed by atoms with E-state index in [-0.39, 0.29) is 11.9 Å². The van der Waals surface area contributed by atoms with Crippen LogP contribution in [0.25, 0.3) is 0 Å². The lowest BCUT2D eigenvalue weighted by Gasteiger charge is -2.28. The Balaban J connectivity index is 2.29. The third kappa shape index (κ3) is 3.10. The largest absolute Gasteiger partial charge is 0.345 e. The Bertz CT molecular complexity index is 221. The van der Waals surface area contributed by atoms with Crippen molar-refractivity contribution in [3.8, 4) is 0 Å². The van der Waals surface area contributed by atoms with Crippen molar-refractivity contribution in [2.24, 2.45) is 0 Å². The number of nitrogens with one attached hydrogen (secondary N) is 1. The van der Waals surface area contributed by atoms with Crippen LogP contribution in [0.15, 0.2) is 12.2 Å². The van der Waals surface area contributed by atoms with Gasteiger partial charge in [-0.05, 0) is 6.92 Å². The van der Waals surface area contributed by atoms with Gasteiger partial charge in [0.15, 0.2) is 0 Å². The van der Waals surface area contributed by atoms with Crippen molar-refractivity contribution in [1.82, 2.24) is 5.32 Å². The molecule has 0 aromatic heterocycles. The fraction of sp³-hybridized carbons (Fsp3) is 0.667. The molecule has 1 aliphatic rings. The van der Waals surface area contributed by atoms with Gasteiger partial charge in [0.1, 0.15) is 0 Å². The van der Waals surface area contributed by atoms with Crippen LogP contribution in [0.4, 0.5) is 0 Å². The van der Waals surface area contributed by atoms with Gasteiger partial charge in [-0.2, -0.15) is 0 Å². The van der Waals surface area contributed by atoms with E-state index in [9.17, 15) is 4.79 Å². The highest BCUT2D eigenvalue weighted by Crippen LogP contribution is 2.06. The minimum atomic E-state index is -0.618. The molecule has 1 N–H and O–H groups in total. The predicted octanol–water partition coefficient (Wildman–Crippen LogP) is 0.0241. The van der Waals surface area contributed by atoms with Gasteiger partial charge >= 0.3 is 0 Å². The van der Waals surface area contributed by atoms with Crippen LogP contribution in [-0.4, -0.2) is 38.7 Å². The van der Waals surface area contributed by atoms with Crippen molar-refractivity contribution in [2.45, 2.75) is 19.4 Å². The smallest absolute Gasteiger partial charge is 0.271 e. The molecule has 0 saturated carbocycles. The number of ether oxygens (including phenoxy) is 3. The molecule has 0 aromatic carbocycles. The van der Waals surface area contributed by atoms with Crippen LogP contribution in [0.2, 0.25) is 0 Å². The summed E-state index contributed by atoms with van der Waals surface area (Å²) >= 11 is 0. The fourth-order valence-electron chi connectivity index (χ4n) is 1.01. The van der Waals surface area contributed by atoms with Gasteiger partial charge in [-0.3, -0.25) is 4.79 Å². The predicted molar refractivity (Wildman–Crippen MR) is 49.4 cm³/mol. The zero-order valence-corrected chi connectivity index (χ0v) is 8.41. The van der Waals surface area contributed by atoms with Crippen LogP contribution < -0.4 is 5.32 Å². The van der Waals surface area contributed by atoms with Crippen molar-refractivity contribution in [3.05, 3.63) is 12.2 Å². The van der Waals surface area contributed by atoms with Crippen LogP contribution in [0.3, 0.4) is 0 Å². The van der Waals surface area contributed by atoms with Crippen LogP contribution >= 0.6 is 0 Å². The number of carbonyl (C=O) groups is 1. The van der Waals surface area contributed by atoms with Gasteiger partial charge in [-0.25, -0.2) is 0 Å². The van der Waals surface area contributed by atoms with Gasteiger partial charge in [0.2, 0.25) is 5.91 Å². The molecule has 1 heterocycles. The maximum Gasteiger partial charge on any atom is 0.271 e. The molecule has 14 heavy (non-hydrogen) atoms. The van der Waals surface area contributed by atoms with E-state index in [4.69, 9.17) is 14.2 Å². The molecule has 0 spiro atoms. The average molecular weight is 201 g/mol. The molecule has 1 rings (SSSR count). The Labute approximate surface area is 83.0 Å². The zero-order chi connectivity index (χ0) is 10.6. The summed E-state index contributed by atoms with van der Waals surface area (Å²) in [4.78, 5) is 11.2. The Morgan fingerprint density at radius 2 is 2.07 bits per heavy atom. The highest BCUT2D eigenvalue weighted by atomic mass is 16.8. The quantitative estimate of drug-likeness (QED) is 0.654. The summed E-state index contributed by atoms with van der Waals surface area (Å²) in [5.41, 5.74) is 0.471. The summed E-state index contributed by atoms with van der Waals surface area (Å²) in [5.74, 6) is -0.182. The summed E-state index contributed by atoms with van der Waals surface area (Å²) in [5, 5.41) is 2.72. The van der Waals surface area contributed by atoms with E-state index in [2.05, 4.69) is 11.9 Å². The topological polar surface area (TPSA) is 56.8 Å². The molecule has 80 valence electrons. The number of amides is 1. The molecule has 0 aliphatic carbocycles. The van der Waals surface area contributed by atoms with Crippen molar-refractivity contribution >= 4 is 5.91 Å². The number of methoxy groups -OCH3 is 1. The van der Waals surface area contributed by atoms with Crippen LogP contribution in [0.5, 0.6) is 0 Å². The summed E-state index contributed by atoms with van der Waals surface area (Å²) in [7, 11) is 1.50. The molecule has 0 aromatic rings. The Morgan fingerprint density at radius 1 is 1.50 bits per heavy atom. The van der Waals surface area contributed by atoms with Crippen molar-refractivity contribution in [3.63, 3.8) is 0 Å². The third-order valence-corrected chi connectivity index (χ3v) is 1.78. The molecular weight excluding hydrogens is 186 g/mol. The Morgan fingerprint density at radius 3 is 2.50 bits per heavy atom. The lowest BCUT2D eigenvalue weighted by Crippen LogP contribution is -2.47. The SMILES string of the molecule is C=C(C)C(=O)NC1COC(OC)OC1. The number of hydrogen-bond acceptors (Lipinski definition) is 4. The molecule has 0 radical (unpaired) electrons. The molecule has 0 unspecified atom stereocenters.